The van der Waals surface area contributed by atoms with Crippen molar-refractivity contribution in [3.8, 4) is 0 Å². The highest BCUT2D eigenvalue weighted by Gasteiger charge is 2.09. The first-order valence-corrected chi connectivity index (χ1v) is 5.90. The summed E-state index contributed by atoms with van der Waals surface area (Å²) in [5.41, 5.74) is 3.94. The molecule has 74 valence electrons. The zero-order chi connectivity index (χ0) is 10.4. The van der Waals surface area contributed by atoms with Gasteiger partial charge in [0.2, 0.25) is 0 Å². The van der Waals surface area contributed by atoms with Gasteiger partial charge in [0.05, 0.1) is 33.9 Å². The third kappa shape index (κ3) is 1.21. The first-order valence-electron chi connectivity index (χ1n) is 4.94. The number of aromatic nitrogens is 1. The highest BCUT2D eigenvalue weighted by Crippen LogP contribution is 2.32. The summed E-state index contributed by atoms with van der Waals surface area (Å²) in [4.78, 5) is 0. The summed E-state index contributed by atoms with van der Waals surface area (Å²) >= 11 is 2.36. The Morgan fingerprint density at radius 3 is 2.53 bits per heavy atom. The Hall–Kier alpha value is -1.03. The third-order valence-electron chi connectivity index (χ3n) is 2.85. The van der Waals surface area contributed by atoms with Crippen LogP contribution in [0.1, 0.15) is 5.56 Å². The molecule has 1 aromatic heterocycles. The van der Waals surface area contributed by atoms with Crippen molar-refractivity contribution < 1.29 is 0 Å². The molecule has 2 aromatic carbocycles. The lowest BCUT2D eigenvalue weighted by Gasteiger charge is -1.96. The second kappa shape index (κ2) is 3.23. The van der Waals surface area contributed by atoms with E-state index in [0.29, 0.717) is 0 Å². The van der Waals surface area contributed by atoms with Crippen LogP contribution < -0.4 is 0 Å². The van der Waals surface area contributed by atoms with Crippen LogP contribution in [0.2, 0.25) is 0 Å². The minimum Gasteiger partial charge on any atom is -0.282 e. The molecule has 15 heavy (non-hydrogen) atoms. The molecule has 0 aliphatic carbocycles. The van der Waals surface area contributed by atoms with Crippen LogP contribution in [0.15, 0.2) is 42.5 Å². The number of aryl methyl sites for hydroxylation is 1. The van der Waals surface area contributed by atoms with E-state index in [9.17, 15) is 0 Å². The maximum Gasteiger partial charge on any atom is 0.0646 e. The number of para-hydroxylation sites is 1. The van der Waals surface area contributed by atoms with E-state index in [0.717, 1.165) is 0 Å². The molecule has 1 heterocycles. The van der Waals surface area contributed by atoms with E-state index in [2.05, 4.69) is 75.0 Å². The lowest BCUT2D eigenvalue weighted by Crippen LogP contribution is -1.77. The summed E-state index contributed by atoms with van der Waals surface area (Å²) in [5, 5.41) is 2.72. The average Bonchev–Trinajstić information content (AvgIpc) is 2.55. The molecule has 0 spiro atoms. The van der Waals surface area contributed by atoms with Crippen LogP contribution in [0, 0.1) is 6.92 Å². The van der Waals surface area contributed by atoms with Gasteiger partial charge in [-0.1, -0.05) is 30.3 Å². The first-order chi connectivity index (χ1) is 7.29. The Morgan fingerprint density at radius 2 is 1.67 bits per heavy atom. The van der Waals surface area contributed by atoms with Crippen molar-refractivity contribution in [1.82, 2.24) is 2.78 Å². The van der Waals surface area contributed by atoms with Gasteiger partial charge in [-0.05, 0) is 24.6 Å². The molecule has 0 bridgehead atoms. The number of benzene rings is 2. The lowest BCUT2D eigenvalue weighted by molar-refractivity contribution is 1.48. The highest BCUT2D eigenvalue weighted by molar-refractivity contribution is 14.1. The topological polar surface area (TPSA) is 4.93 Å². The molecular formula is C13H10IN. The molecular weight excluding hydrogens is 297 g/mol. The van der Waals surface area contributed by atoms with Crippen LogP contribution in [-0.4, -0.2) is 2.78 Å². The van der Waals surface area contributed by atoms with Gasteiger partial charge in [-0.2, -0.15) is 0 Å². The quantitative estimate of drug-likeness (QED) is 0.546. The van der Waals surface area contributed by atoms with Crippen LogP contribution in [0.3, 0.4) is 0 Å². The van der Waals surface area contributed by atoms with Gasteiger partial charge >= 0.3 is 0 Å². The molecule has 3 rings (SSSR count). The highest BCUT2D eigenvalue weighted by atomic mass is 127. The number of hydrogen-bond donors (Lipinski definition) is 0. The summed E-state index contributed by atoms with van der Waals surface area (Å²) in [6.45, 7) is 2.17. The predicted molar refractivity (Wildman–Crippen MR) is 73.6 cm³/mol. The molecule has 2 heteroatoms. The van der Waals surface area contributed by atoms with Crippen LogP contribution in [-0.2, 0) is 0 Å². The minimum atomic E-state index is 1.29. The number of hydrogen-bond acceptors (Lipinski definition) is 0. The maximum absolute atomic E-state index is 2.36. The van der Waals surface area contributed by atoms with E-state index in [-0.39, 0.29) is 0 Å². The minimum absolute atomic E-state index is 1.29. The van der Waals surface area contributed by atoms with Gasteiger partial charge in [0.15, 0.2) is 0 Å². The van der Waals surface area contributed by atoms with Gasteiger partial charge in [-0.3, -0.25) is 2.78 Å². The smallest absolute Gasteiger partial charge is 0.0646 e. The zero-order valence-electron chi connectivity index (χ0n) is 8.37. The van der Waals surface area contributed by atoms with Gasteiger partial charge < -0.3 is 0 Å². The Balaban J connectivity index is 2.70. The molecule has 0 unspecified atom stereocenters. The standard InChI is InChI=1S/C13H10IN/c1-9-5-4-8-12-13(9)10-6-2-3-7-11(10)15(12)14/h2-8H,1H3. The molecule has 1 nitrogen and oxygen atoms in total. The van der Waals surface area contributed by atoms with Crippen molar-refractivity contribution in [3.63, 3.8) is 0 Å². The van der Waals surface area contributed by atoms with E-state index < -0.39 is 0 Å². The Kier molecular flexibility index (Phi) is 1.99. The van der Waals surface area contributed by atoms with Gasteiger partial charge in [0.25, 0.3) is 0 Å². The van der Waals surface area contributed by atoms with E-state index in [4.69, 9.17) is 0 Å². The van der Waals surface area contributed by atoms with E-state index >= 15 is 0 Å². The summed E-state index contributed by atoms with van der Waals surface area (Å²) in [7, 11) is 0. The Morgan fingerprint density at radius 1 is 0.933 bits per heavy atom. The molecule has 0 radical (unpaired) electrons. The van der Waals surface area contributed by atoms with Crippen LogP contribution >= 0.6 is 22.9 Å². The van der Waals surface area contributed by atoms with Crippen LogP contribution in [0.25, 0.3) is 21.8 Å². The molecule has 0 saturated heterocycles. The second-order valence-corrected chi connectivity index (χ2v) is 4.73. The van der Waals surface area contributed by atoms with Gasteiger partial charge in [0, 0.05) is 10.8 Å². The fourth-order valence-electron chi connectivity index (χ4n) is 2.15. The zero-order valence-corrected chi connectivity index (χ0v) is 10.5. The predicted octanol–water partition coefficient (Wildman–Crippen LogP) is 4.30. The summed E-state index contributed by atoms with van der Waals surface area (Å²) in [5.74, 6) is 0. The number of rotatable bonds is 0. The number of nitrogens with zero attached hydrogens (tertiary/aromatic N) is 1. The molecule has 0 fully saturated rings. The third-order valence-corrected chi connectivity index (χ3v) is 3.89. The van der Waals surface area contributed by atoms with Gasteiger partial charge in [-0.25, -0.2) is 0 Å². The van der Waals surface area contributed by atoms with Crippen molar-refractivity contribution in [2.24, 2.45) is 0 Å². The molecule has 0 saturated carbocycles. The molecule has 0 atom stereocenters. The first kappa shape index (κ1) is 9.21. The van der Waals surface area contributed by atoms with Crippen molar-refractivity contribution in [1.29, 1.82) is 0 Å². The fourth-order valence-corrected chi connectivity index (χ4v) is 2.97. The monoisotopic (exact) mass is 307 g/mol. The van der Waals surface area contributed by atoms with Gasteiger partial charge in [0.1, 0.15) is 0 Å². The number of fused-ring (bicyclic) bond motifs is 3. The molecule has 0 amide bonds. The molecule has 3 aromatic rings. The maximum atomic E-state index is 2.36. The van der Waals surface area contributed by atoms with E-state index in [1.807, 2.05) is 0 Å². The largest absolute Gasteiger partial charge is 0.282 e. The molecule has 0 N–H and O–H groups in total. The average molecular weight is 307 g/mol. The van der Waals surface area contributed by atoms with Crippen molar-refractivity contribution >= 4 is 44.7 Å². The van der Waals surface area contributed by atoms with Crippen molar-refractivity contribution in [2.75, 3.05) is 0 Å². The van der Waals surface area contributed by atoms with Crippen LogP contribution in [0.4, 0.5) is 0 Å². The Labute approximate surface area is 102 Å². The van der Waals surface area contributed by atoms with E-state index in [1.54, 1.807) is 0 Å². The van der Waals surface area contributed by atoms with E-state index in [1.165, 1.54) is 27.4 Å². The fraction of sp³-hybridized carbons (Fsp3) is 0.0769. The normalized spacial score (nSPS) is 11.3. The van der Waals surface area contributed by atoms with Crippen molar-refractivity contribution in [3.05, 3.63) is 48.0 Å². The Bertz CT molecular complexity index is 652. The van der Waals surface area contributed by atoms with Gasteiger partial charge in [-0.15, -0.1) is 0 Å². The van der Waals surface area contributed by atoms with Crippen molar-refractivity contribution in [2.45, 2.75) is 6.92 Å². The van der Waals surface area contributed by atoms with Crippen LogP contribution in [0.5, 0.6) is 0 Å². The molecule has 0 aliphatic rings. The number of halogens is 1. The molecule has 0 aliphatic heterocycles. The lowest BCUT2D eigenvalue weighted by atomic mass is 10.1. The summed E-state index contributed by atoms with van der Waals surface area (Å²) < 4.78 is 2.23. The summed E-state index contributed by atoms with van der Waals surface area (Å²) in [6, 6.07) is 15.0. The SMILES string of the molecule is Cc1cccc2c1c1ccccc1n2I. The summed E-state index contributed by atoms with van der Waals surface area (Å²) in [6.07, 6.45) is 0. The second-order valence-electron chi connectivity index (χ2n) is 3.77.